The summed E-state index contributed by atoms with van der Waals surface area (Å²) in [5.41, 5.74) is 8.43. The fourth-order valence-electron chi connectivity index (χ4n) is 6.37. The van der Waals surface area contributed by atoms with E-state index in [9.17, 15) is 0 Å². The van der Waals surface area contributed by atoms with Gasteiger partial charge in [-0.3, -0.25) is 0 Å². The molecule has 0 saturated carbocycles. The topological polar surface area (TPSA) is 52.6 Å². The Hall–Kier alpha value is -5.54. The second-order valence-corrected chi connectivity index (χ2v) is 15.3. The first-order valence-corrected chi connectivity index (χ1v) is 19.8. The third-order valence-corrected chi connectivity index (χ3v) is 12.1. The molecule has 0 saturated heterocycles. The van der Waals surface area contributed by atoms with E-state index in [0.717, 1.165) is 67.7 Å². The lowest BCUT2D eigenvalue weighted by Crippen LogP contribution is -2.51. The fourth-order valence-corrected chi connectivity index (χ4v) is 8.66. The highest BCUT2D eigenvalue weighted by molar-refractivity contribution is 6.80. The van der Waals surface area contributed by atoms with Crippen molar-refractivity contribution < 1.29 is 23.1 Å². The molecule has 0 aliphatic rings. The molecule has 0 N–H and O–H groups in total. The summed E-state index contributed by atoms with van der Waals surface area (Å²) in [5.74, 6) is 2.44. The minimum Gasteiger partial charge on any atom is -0.497 e. The number of methoxy groups -OCH3 is 3. The molecule has 0 heterocycles. The highest BCUT2D eigenvalue weighted by Gasteiger charge is 2.33. The molecular formula is C44H46N2O5Si. The van der Waals surface area contributed by atoms with Crippen molar-refractivity contribution in [2.24, 2.45) is 0 Å². The van der Waals surface area contributed by atoms with E-state index >= 15 is 0 Å². The van der Waals surface area contributed by atoms with Crippen LogP contribution in [-0.4, -0.2) is 43.1 Å². The Balaban J connectivity index is 1.31. The lowest BCUT2D eigenvalue weighted by molar-refractivity contribution is 0.202. The highest BCUT2D eigenvalue weighted by atomic mass is 28.4. The number of anilines is 6. The Morgan fingerprint density at radius 1 is 0.385 bits per heavy atom. The predicted octanol–water partition coefficient (Wildman–Crippen LogP) is 10.7. The van der Waals surface area contributed by atoms with Crippen molar-refractivity contribution in [3.05, 3.63) is 146 Å². The average Bonchev–Trinajstić information content (AvgIpc) is 3.20. The van der Waals surface area contributed by atoms with Gasteiger partial charge in [-0.15, -0.1) is 0 Å². The molecule has 0 atom stereocenters. The van der Waals surface area contributed by atoms with Gasteiger partial charge in [-0.25, -0.2) is 0 Å². The quantitative estimate of drug-likeness (QED) is 0.0984. The number of hydrogen-bond donors (Lipinski definition) is 0. The van der Waals surface area contributed by atoms with Crippen LogP contribution in [0.15, 0.2) is 146 Å². The van der Waals surface area contributed by atoms with Gasteiger partial charge >= 0.3 is 8.56 Å². The number of rotatable bonds is 15. The first kappa shape index (κ1) is 36.3. The van der Waals surface area contributed by atoms with Gasteiger partial charge in [-0.2, -0.15) is 0 Å². The van der Waals surface area contributed by atoms with E-state index in [1.165, 1.54) is 0 Å². The van der Waals surface area contributed by atoms with Crippen LogP contribution in [0.2, 0.25) is 6.55 Å². The first-order chi connectivity index (χ1) is 25.4. The molecule has 7 nitrogen and oxygen atoms in total. The summed E-state index contributed by atoms with van der Waals surface area (Å²) in [5, 5.41) is 1.10. The maximum absolute atomic E-state index is 6.17. The van der Waals surface area contributed by atoms with Crippen LogP contribution < -0.4 is 29.2 Å². The van der Waals surface area contributed by atoms with E-state index < -0.39 is 8.56 Å². The van der Waals surface area contributed by atoms with Crippen LogP contribution in [0.4, 0.5) is 34.1 Å². The van der Waals surface area contributed by atoms with Gasteiger partial charge in [0, 0.05) is 47.3 Å². The van der Waals surface area contributed by atoms with Gasteiger partial charge in [0.15, 0.2) is 0 Å². The van der Waals surface area contributed by atoms with Gasteiger partial charge in [0.1, 0.15) is 17.2 Å². The Morgan fingerprint density at radius 3 is 0.885 bits per heavy atom. The Kier molecular flexibility index (Phi) is 11.6. The van der Waals surface area contributed by atoms with Gasteiger partial charge in [-0.1, -0.05) is 36.4 Å². The minimum absolute atomic E-state index is 0.612. The van der Waals surface area contributed by atoms with Crippen LogP contribution in [0.3, 0.4) is 0 Å². The zero-order chi connectivity index (χ0) is 36.5. The van der Waals surface area contributed by atoms with Crippen molar-refractivity contribution in [2.45, 2.75) is 20.4 Å². The molecule has 266 valence electrons. The first-order valence-electron chi connectivity index (χ1n) is 17.5. The second-order valence-electron chi connectivity index (χ2n) is 12.2. The number of nitrogens with zero attached hydrogens (tertiary/aromatic N) is 2. The number of benzene rings is 6. The maximum Gasteiger partial charge on any atom is 0.369 e. The van der Waals surface area contributed by atoms with Crippen molar-refractivity contribution in [2.75, 3.05) is 44.3 Å². The summed E-state index contributed by atoms with van der Waals surface area (Å²) in [7, 11) is 2.54. The van der Waals surface area contributed by atoms with Crippen molar-refractivity contribution >= 4 is 47.9 Å². The average molecular weight is 711 g/mol. The van der Waals surface area contributed by atoms with E-state index in [4.69, 9.17) is 23.1 Å². The molecule has 0 aliphatic carbocycles. The molecule has 8 heteroatoms. The van der Waals surface area contributed by atoms with Gasteiger partial charge in [0.2, 0.25) is 0 Å². The molecule has 0 aromatic heterocycles. The van der Waals surface area contributed by atoms with Crippen LogP contribution in [0.25, 0.3) is 11.1 Å². The van der Waals surface area contributed by atoms with Crippen LogP contribution in [0.5, 0.6) is 17.2 Å². The summed E-state index contributed by atoms with van der Waals surface area (Å²) in [6.07, 6.45) is 0. The lowest BCUT2D eigenvalue weighted by Gasteiger charge is -2.29. The van der Waals surface area contributed by atoms with Gasteiger partial charge < -0.3 is 32.9 Å². The van der Waals surface area contributed by atoms with Crippen molar-refractivity contribution in [1.82, 2.24) is 0 Å². The van der Waals surface area contributed by atoms with Crippen LogP contribution >= 0.6 is 0 Å². The van der Waals surface area contributed by atoms with Crippen molar-refractivity contribution in [1.29, 1.82) is 0 Å². The van der Waals surface area contributed by atoms with E-state index in [0.29, 0.717) is 13.2 Å². The van der Waals surface area contributed by atoms with E-state index in [1.807, 2.05) is 50.2 Å². The van der Waals surface area contributed by atoms with Crippen molar-refractivity contribution in [3.8, 4) is 28.4 Å². The summed E-state index contributed by atoms with van der Waals surface area (Å²) in [6, 6.07) is 50.2. The molecule has 52 heavy (non-hydrogen) atoms. The normalized spacial score (nSPS) is 11.2. The molecule has 0 unspecified atom stereocenters. The van der Waals surface area contributed by atoms with Crippen LogP contribution in [0.1, 0.15) is 13.8 Å². The third kappa shape index (κ3) is 8.00. The van der Waals surface area contributed by atoms with Gasteiger partial charge in [0.25, 0.3) is 0 Å². The SMILES string of the molecule is CCO[Si](C)(OCC)c1ccc(N(c2ccc(OC)cc2)c2ccc(-c3ccc(N(c4ccc(OC)cc4)c4ccc(OC)cc4)cc3)cc2)cc1. The summed E-state index contributed by atoms with van der Waals surface area (Å²) < 4.78 is 28.6. The molecule has 0 radical (unpaired) electrons. The fraction of sp³-hybridized carbons (Fsp3) is 0.182. The zero-order valence-electron chi connectivity index (χ0n) is 30.7. The number of hydrogen-bond acceptors (Lipinski definition) is 7. The lowest BCUT2D eigenvalue weighted by atomic mass is 10.0. The minimum atomic E-state index is -2.51. The predicted molar refractivity (Wildman–Crippen MR) is 215 cm³/mol. The van der Waals surface area contributed by atoms with E-state index in [-0.39, 0.29) is 0 Å². The largest absolute Gasteiger partial charge is 0.497 e. The van der Waals surface area contributed by atoms with Crippen LogP contribution in [-0.2, 0) is 8.85 Å². The Morgan fingerprint density at radius 2 is 0.635 bits per heavy atom. The molecular weight excluding hydrogens is 665 g/mol. The molecule has 6 rings (SSSR count). The highest BCUT2D eigenvalue weighted by Crippen LogP contribution is 2.39. The standard InChI is InChI=1S/C44H46N2O5Si/c1-7-50-52(6,51-8-2)44-31-23-40(24-32-44)46(39-21-29-43(49-5)30-22-39)36-15-11-34(12-16-36)33-9-13-35(14-10-33)45(37-17-25-41(47-3)26-18-37)38-19-27-42(48-4)28-20-38/h9-32H,7-8H2,1-6H3. The third-order valence-electron chi connectivity index (χ3n) is 9.07. The maximum atomic E-state index is 6.17. The Labute approximate surface area is 308 Å². The zero-order valence-corrected chi connectivity index (χ0v) is 31.7. The summed E-state index contributed by atoms with van der Waals surface area (Å²) >= 11 is 0. The molecule has 6 aromatic carbocycles. The van der Waals surface area contributed by atoms with Crippen molar-refractivity contribution in [3.63, 3.8) is 0 Å². The van der Waals surface area contributed by atoms with E-state index in [2.05, 4.69) is 126 Å². The Bertz CT molecular complexity index is 1950. The smallest absolute Gasteiger partial charge is 0.369 e. The van der Waals surface area contributed by atoms with E-state index in [1.54, 1.807) is 21.3 Å². The molecule has 6 aromatic rings. The molecule has 0 aliphatic heterocycles. The molecule has 0 bridgehead atoms. The molecule has 0 spiro atoms. The van der Waals surface area contributed by atoms with Gasteiger partial charge in [0.05, 0.1) is 21.3 Å². The molecule has 0 amide bonds. The van der Waals surface area contributed by atoms with Crippen LogP contribution in [0, 0.1) is 0 Å². The molecule has 0 fully saturated rings. The number of ether oxygens (including phenoxy) is 3. The monoisotopic (exact) mass is 710 g/mol. The summed E-state index contributed by atoms with van der Waals surface area (Å²) in [4.78, 5) is 4.47. The second kappa shape index (κ2) is 16.6. The van der Waals surface area contributed by atoms with Gasteiger partial charge in [-0.05, 0) is 146 Å². The summed E-state index contributed by atoms with van der Waals surface area (Å²) in [6.45, 7) is 7.36.